The number of rotatable bonds is 4. The molecule has 1 aliphatic heterocycles. The van der Waals surface area contributed by atoms with Crippen LogP contribution in [0.1, 0.15) is 24.3 Å². The predicted octanol–water partition coefficient (Wildman–Crippen LogP) is 1.70. The molecule has 0 atom stereocenters. The van der Waals surface area contributed by atoms with Crippen LogP contribution < -0.4 is 9.03 Å². The summed E-state index contributed by atoms with van der Waals surface area (Å²) in [6.45, 7) is 4.10. The second kappa shape index (κ2) is 5.88. The molecule has 10 heteroatoms. The van der Waals surface area contributed by atoms with Crippen LogP contribution in [0.2, 0.25) is 0 Å². The molecule has 0 spiro atoms. The van der Waals surface area contributed by atoms with Gasteiger partial charge < -0.3 is 19.9 Å². The Hall–Kier alpha value is -2.88. The molecule has 0 saturated carbocycles. The molecule has 1 aromatic heterocycles. The van der Waals surface area contributed by atoms with Crippen molar-refractivity contribution in [2.75, 3.05) is 10.9 Å². The molecule has 0 radical (unpaired) electrons. The van der Waals surface area contributed by atoms with Gasteiger partial charge in [0.25, 0.3) is 0 Å². The van der Waals surface area contributed by atoms with Crippen molar-refractivity contribution in [1.29, 1.82) is 0 Å². The zero-order valence-electron chi connectivity index (χ0n) is 13.5. The van der Waals surface area contributed by atoms with E-state index >= 15 is 0 Å². The van der Waals surface area contributed by atoms with E-state index in [-0.39, 0.29) is 29.7 Å². The largest absolute Gasteiger partial charge is 0.506 e. The highest BCUT2D eigenvalue weighted by molar-refractivity contribution is 7.91. The minimum atomic E-state index is -4.03. The van der Waals surface area contributed by atoms with Gasteiger partial charge in [0.2, 0.25) is 5.88 Å². The smallest absolute Gasteiger partial charge is 0.354 e. The number of carbonyl (C=O) groups is 1. The third-order valence-electron chi connectivity index (χ3n) is 3.45. The lowest BCUT2D eigenvalue weighted by Gasteiger charge is -2.15. The second-order valence-corrected chi connectivity index (χ2v) is 7.57. The minimum Gasteiger partial charge on any atom is -0.506 e. The number of hydrogen-bond donors (Lipinski definition) is 4. The van der Waals surface area contributed by atoms with E-state index < -0.39 is 22.1 Å². The van der Waals surface area contributed by atoms with Gasteiger partial charge in [-0.05, 0) is 24.1 Å². The average molecular weight is 367 g/mol. The molecule has 25 heavy (non-hydrogen) atoms. The maximum atomic E-state index is 12.0. The average Bonchev–Trinajstić information content (AvgIpc) is 3.03. The van der Waals surface area contributed by atoms with Crippen LogP contribution in [0.5, 0.6) is 5.75 Å². The summed E-state index contributed by atoms with van der Waals surface area (Å²) in [7, 11) is -4.03. The number of hydrogen-bond acceptors (Lipinski definition) is 6. The Balaban J connectivity index is 1.98. The molecule has 2 aromatic rings. The maximum absolute atomic E-state index is 12.0. The summed E-state index contributed by atoms with van der Waals surface area (Å²) < 4.78 is 31.6. The van der Waals surface area contributed by atoms with Gasteiger partial charge in [-0.2, -0.15) is 8.42 Å². The number of H-pyrrole nitrogens is 1. The van der Waals surface area contributed by atoms with E-state index in [1.807, 2.05) is 18.6 Å². The fourth-order valence-electron chi connectivity index (χ4n) is 2.35. The van der Waals surface area contributed by atoms with Crippen LogP contribution in [0, 0.1) is 5.92 Å². The van der Waals surface area contributed by atoms with Crippen LogP contribution in [0.25, 0.3) is 10.9 Å². The lowest BCUT2D eigenvalue weighted by atomic mass is 10.2. The fourth-order valence-corrected chi connectivity index (χ4v) is 3.41. The van der Waals surface area contributed by atoms with Gasteiger partial charge >= 0.3 is 16.2 Å². The van der Waals surface area contributed by atoms with Crippen LogP contribution in [-0.2, 0) is 14.9 Å². The fraction of sp³-hybridized carbons (Fsp3) is 0.267. The third-order valence-corrected chi connectivity index (χ3v) is 4.74. The highest BCUT2D eigenvalue weighted by Gasteiger charge is 2.31. The van der Waals surface area contributed by atoms with Crippen molar-refractivity contribution >= 4 is 32.8 Å². The number of fused-ring (bicyclic) bond motifs is 1. The van der Waals surface area contributed by atoms with Gasteiger partial charge in [-0.1, -0.05) is 13.8 Å². The number of aliphatic hydroxyl groups excluding tert-OH is 1. The number of nitrogens with zero attached hydrogens (tertiary/aromatic N) is 1. The number of ether oxygens (including phenoxy) is 1. The summed E-state index contributed by atoms with van der Waals surface area (Å²) in [5, 5.41) is 20.0. The van der Waals surface area contributed by atoms with Gasteiger partial charge in [0.15, 0.2) is 0 Å². The highest BCUT2D eigenvalue weighted by Crippen LogP contribution is 2.35. The molecule has 9 nitrogen and oxygen atoms in total. The second-order valence-electron chi connectivity index (χ2n) is 6.02. The topological polar surface area (TPSA) is 132 Å². The summed E-state index contributed by atoms with van der Waals surface area (Å²) in [4.78, 5) is 14.9. The number of benzene rings is 1. The Morgan fingerprint density at radius 3 is 2.60 bits per heavy atom. The monoisotopic (exact) mass is 367 g/mol. The van der Waals surface area contributed by atoms with Gasteiger partial charge in [-0.25, -0.2) is 13.8 Å². The molecule has 0 aliphatic carbocycles. The number of anilines is 1. The quantitative estimate of drug-likeness (QED) is 0.608. The SMILES string of the molecule is CC(C)COC(=O)c1cc2cc(O)c(N3C=C(O)NS3(=O)=O)cc2[nH]1. The van der Waals surface area contributed by atoms with Gasteiger partial charge in [-0.3, -0.25) is 0 Å². The molecular formula is C15H17N3O6S. The molecule has 0 unspecified atom stereocenters. The Labute approximate surface area is 143 Å². The Bertz CT molecular complexity index is 977. The van der Waals surface area contributed by atoms with Gasteiger partial charge in [-0.15, -0.1) is 0 Å². The number of aromatic nitrogens is 1. The van der Waals surface area contributed by atoms with E-state index in [9.17, 15) is 23.4 Å². The van der Waals surface area contributed by atoms with E-state index in [2.05, 4.69) is 4.98 Å². The molecular weight excluding hydrogens is 350 g/mol. The number of carbonyl (C=O) groups excluding carboxylic acids is 1. The van der Waals surface area contributed by atoms with Crippen molar-refractivity contribution < 1.29 is 28.2 Å². The summed E-state index contributed by atoms with van der Waals surface area (Å²) in [5.41, 5.74) is 0.542. The number of phenols is 1. The first kappa shape index (κ1) is 17.0. The van der Waals surface area contributed by atoms with Gasteiger partial charge in [0.05, 0.1) is 12.8 Å². The molecule has 1 aliphatic rings. The zero-order valence-corrected chi connectivity index (χ0v) is 14.3. The first-order chi connectivity index (χ1) is 11.7. The molecule has 134 valence electrons. The first-order valence-electron chi connectivity index (χ1n) is 7.43. The Morgan fingerprint density at radius 2 is 2.00 bits per heavy atom. The molecule has 0 amide bonds. The lowest BCUT2D eigenvalue weighted by Crippen LogP contribution is -2.29. The maximum Gasteiger partial charge on any atom is 0.354 e. The van der Waals surface area contributed by atoms with Crippen molar-refractivity contribution in [3.8, 4) is 5.75 Å². The van der Waals surface area contributed by atoms with Crippen LogP contribution >= 0.6 is 0 Å². The Morgan fingerprint density at radius 1 is 1.28 bits per heavy atom. The molecule has 1 aromatic carbocycles. The van der Waals surface area contributed by atoms with Gasteiger partial charge in [0, 0.05) is 10.9 Å². The molecule has 0 bridgehead atoms. The zero-order chi connectivity index (χ0) is 18.4. The van der Waals surface area contributed by atoms with E-state index in [1.165, 1.54) is 18.2 Å². The summed E-state index contributed by atoms with van der Waals surface area (Å²) in [6, 6.07) is 4.18. The third kappa shape index (κ3) is 3.20. The van der Waals surface area contributed by atoms with E-state index in [1.54, 1.807) is 0 Å². The van der Waals surface area contributed by atoms with Crippen LogP contribution in [0.15, 0.2) is 30.3 Å². The normalized spacial score (nSPS) is 16.1. The number of aromatic amines is 1. The van der Waals surface area contributed by atoms with Crippen LogP contribution in [-0.4, -0.2) is 36.2 Å². The van der Waals surface area contributed by atoms with Crippen LogP contribution in [0.3, 0.4) is 0 Å². The molecule has 0 fully saturated rings. The van der Waals surface area contributed by atoms with Gasteiger partial charge in [0.1, 0.15) is 17.1 Å². The van der Waals surface area contributed by atoms with Crippen molar-refractivity contribution in [3.63, 3.8) is 0 Å². The number of esters is 1. The number of aliphatic hydroxyl groups is 1. The van der Waals surface area contributed by atoms with E-state index in [0.29, 0.717) is 15.2 Å². The molecule has 0 saturated heterocycles. The molecule has 4 N–H and O–H groups in total. The van der Waals surface area contributed by atoms with E-state index in [4.69, 9.17) is 4.74 Å². The number of aromatic hydroxyl groups is 1. The summed E-state index contributed by atoms with van der Waals surface area (Å²) >= 11 is 0. The summed E-state index contributed by atoms with van der Waals surface area (Å²) in [5.74, 6) is -1.25. The van der Waals surface area contributed by atoms with Crippen molar-refractivity contribution in [1.82, 2.24) is 9.71 Å². The number of phenolic OH excluding ortho intramolecular Hbond substituents is 1. The predicted molar refractivity (Wildman–Crippen MR) is 90.3 cm³/mol. The number of nitrogens with one attached hydrogen (secondary N) is 2. The highest BCUT2D eigenvalue weighted by atomic mass is 32.2. The molecule has 2 heterocycles. The minimum absolute atomic E-state index is 0.0759. The summed E-state index contributed by atoms with van der Waals surface area (Å²) in [6.07, 6.45) is 0.928. The lowest BCUT2D eigenvalue weighted by molar-refractivity contribution is 0.0453. The van der Waals surface area contributed by atoms with Crippen LogP contribution in [0.4, 0.5) is 5.69 Å². The van der Waals surface area contributed by atoms with Crippen molar-refractivity contribution in [3.05, 3.63) is 36.0 Å². The standard InChI is InChI=1S/C15H17N3O6S/c1-8(2)7-24-15(21)11-3-9-4-13(19)12(5-10(9)16-11)18-6-14(20)17-25(18,22)23/h3-6,8,16-17,19-20H,7H2,1-2H3. The molecule has 3 rings (SSSR count). The first-order valence-corrected chi connectivity index (χ1v) is 8.87. The van der Waals surface area contributed by atoms with E-state index in [0.717, 1.165) is 6.20 Å². The van der Waals surface area contributed by atoms with Crippen molar-refractivity contribution in [2.45, 2.75) is 13.8 Å². The van der Waals surface area contributed by atoms with Crippen molar-refractivity contribution in [2.24, 2.45) is 5.92 Å². The Kier molecular flexibility index (Phi) is 3.99.